The molecule has 0 saturated heterocycles. The van der Waals surface area contributed by atoms with Crippen LogP contribution in [0.3, 0.4) is 0 Å². The fourth-order valence-electron chi connectivity index (χ4n) is 3.28. The lowest BCUT2D eigenvalue weighted by atomic mass is 9.83. The number of nitrogens with one attached hydrogen (secondary N) is 1. The number of anilines is 1. The van der Waals surface area contributed by atoms with E-state index in [0.29, 0.717) is 18.8 Å². The quantitative estimate of drug-likeness (QED) is 0.141. The van der Waals surface area contributed by atoms with Gasteiger partial charge >= 0.3 is 0 Å². The minimum Gasteiger partial charge on any atom is -0.493 e. The fraction of sp³-hybridized carbons (Fsp3) is 0.414. The Morgan fingerprint density at radius 3 is 2.15 bits per heavy atom. The summed E-state index contributed by atoms with van der Waals surface area (Å²) in [6.07, 6.45) is 9.45. The Bertz CT molecular complexity index is 942. The Morgan fingerprint density at radius 2 is 1.61 bits per heavy atom. The Balaban J connectivity index is 2.44. The second kappa shape index (κ2) is 12.9. The summed E-state index contributed by atoms with van der Waals surface area (Å²) in [6.45, 7) is 13.8. The number of unbranched alkanes of at least 4 members (excludes halogenated alkanes) is 2. The largest absolute Gasteiger partial charge is 0.493 e. The van der Waals surface area contributed by atoms with Crippen LogP contribution in [0, 0.1) is 0 Å². The van der Waals surface area contributed by atoms with Crippen LogP contribution in [-0.4, -0.2) is 26.0 Å². The van der Waals surface area contributed by atoms with Crippen LogP contribution in [0.4, 0.5) is 5.69 Å². The predicted octanol–water partition coefficient (Wildman–Crippen LogP) is 7.45. The number of allylic oxidation sites excluding steroid dienone is 2. The summed E-state index contributed by atoms with van der Waals surface area (Å²) in [5.74, 6) is 1.49. The molecular formula is C29H39NO3. The third-order valence-corrected chi connectivity index (χ3v) is 5.70. The summed E-state index contributed by atoms with van der Waals surface area (Å²) < 4.78 is 12.3. The highest BCUT2D eigenvalue weighted by atomic mass is 16.5. The number of ether oxygens (including phenoxy) is 2. The number of rotatable bonds is 14. The summed E-state index contributed by atoms with van der Waals surface area (Å²) in [5, 5.41) is 3.07. The standard InChI is InChI=1S/C29H39NO3/c1-7-10-18-32-27-21-28(33-19-11-8-2)25(29(4,5)9-3)20-23(27)14-17-26(31)22-12-15-24(30-6)16-13-22/h9,12-17,20-21,30H,3,7-8,10-11,18-19H2,1-2,4-6H3/b17-14+. The topological polar surface area (TPSA) is 47.6 Å². The second-order valence-corrected chi connectivity index (χ2v) is 8.74. The van der Waals surface area contributed by atoms with Crippen molar-refractivity contribution < 1.29 is 14.3 Å². The van der Waals surface area contributed by atoms with Crippen LogP contribution in [0.15, 0.2) is 55.1 Å². The van der Waals surface area contributed by atoms with E-state index < -0.39 is 0 Å². The van der Waals surface area contributed by atoms with Crippen molar-refractivity contribution in [2.75, 3.05) is 25.6 Å². The number of hydrogen-bond donors (Lipinski definition) is 1. The molecule has 0 fully saturated rings. The summed E-state index contributed by atoms with van der Waals surface area (Å²) in [5.41, 5.74) is 3.21. The monoisotopic (exact) mass is 449 g/mol. The first-order valence-electron chi connectivity index (χ1n) is 11.9. The van der Waals surface area contributed by atoms with Crippen LogP contribution in [0.25, 0.3) is 6.08 Å². The lowest BCUT2D eigenvalue weighted by molar-refractivity contribution is 0.104. The van der Waals surface area contributed by atoms with Gasteiger partial charge in [-0.15, -0.1) is 6.58 Å². The van der Waals surface area contributed by atoms with Gasteiger partial charge < -0.3 is 14.8 Å². The highest BCUT2D eigenvalue weighted by Crippen LogP contribution is 2.38. The van der Waals surface area contributed by atoms with Gasteiger partial charge in [0.1, 0.15) is 11.5 Å². The minimum atomic E-state index is -0.293. The van der Waals surface area contributed by atoms with E-state index in [1.165, 1.54) is 0 Å². The molecule has 0 amide bonds. The highest BCUT2D eigenvalue weighted by Gasteiger charge is 2.23. The summed E-state index contributed by atoms with van der Waals surface area (Å²) in [6, 6.07) is 11.5. The SMILES string of the molecule is C=CC(C)(C)c1cc(/C=C/C(=O)c2ccc(NC)cc2)c(OCCCC)cc1OCCCC. The normalized spacial score (nSPS) is 11.4. The molecule has 2 aromatic carbocycles. The van der Waals surface area contributed by atoms with Crippen LogP contribution in [0.2, 0.25) is 0 Å². The van der Waals surface area contributed by atoms with Crippen LogP contribution in [0.5, 0.6) is 11.5 Å². The zero-order valence-electron chi connectivity index (χ0n) is 20.9. The van der Waals surface area contributed by atoms with Gasteiger partial charge in [-0.1, -0.05) is 46.6 Å². The Hall–Kier alpha value is -3.01. The molecule has 178 valence electrons. The van der Waals surface area contributed by atoms with E-state index in [9.17, 15) is 4.79 Å². The maximum atomic E-state index is 12.8. The number of hydrogen-bond acceptors (Lipinski definition) is 4. The molecule has 2 rings (SSSR count). The minimum absolute atomic E-state index is 0.0510. The molecule has 0 aromatic heterocycles. The van der Waals surface area contributed by atoms with Gasteiger partial charge in [0.05, 0.1) is 13.2 Å². The molecule has 0 atom stereocenters. The summed E-state index contributed by atoms with van der Waals surface area (Å²) in [4.78, 5) is 12.8. The number of carbonyl (C=O) groups excluding carboxylic acids is 1. The van der Waals surface area contributed by atoms with Crippen molar-refractivity contribution in [1.82, 2.24) is 0 Å². The van der Waals surface area contributed by atoms with E-state index in [4.69, 9.17) is 9.47 Å². The van der Waals surface area contributed by atoms with Crippen LogP contribution >= 0.6 is 0 Å². The van der Waals surface area contributed by atoms with Crippen molar-refractivity contribution in [2.24, 2.45) is 0 Å². The maximum absolute atomic E-state index is 12.8. The first kappa shape index (κ1) is 26.2. The first-order chi connectivity index (χ1) is 15.9. The van der Waals surface area contributed by atoms with Gasteiger partial charge in [0, 0.05) is 40.9 Å². The van der Waals surface area contributed by atoms with Crippen LogP contribution in [-0.2, 0) is 5.41 Å². The zero-order valence-corrected chi connectivity index (χ0v) is 20.9. The zero-order chi connectivity index (χ0) is 24.3. The van der Waals surface area contributed by atoms with Crippen molar-refractivity contribution >= 4 is 17.5 Å². The lowest BCUT2D eigenvalue weighted by Gasteiger charge is -2.25. The molecule has 0 bridgehead atoms. The third-order valence-electron chi connectivity index (χ3n) is 5.70. The maximum Gasteiger partial charge on any atom is 0.185 e. The molecule has 0 radical (unpaired) electrons. The third kappa shape index (κ3) is 7.52. The summed E-state index contributed by atoms with van der Waals surface area (Å²) in [7, 11) is 1.86. The van der Waals surface area contributed by atoms with Gasteiger partial charge in [-0.05, 0) is 55.3 Å². The number of ketones is 1. The van der Waals surface area contributed by atoms with Crippen molar-refractivity contribution in [3.8, 4) is 11.5 Å². The van der Waals surface area contributed by atoms with Crippen LogP contribution < -0.4 is 14.8 Å². The van der Waals surface area contributed by atoms with Crippen molar-refractivity contribution in [3.05, 3.63) is 71.8 Å². The second-order valence-electron chi connectivity index (χ2n) is 8.74. The molecular weight excluding hydrogens is 410 g/mol. The molecule has 33 heavy (non-hydrogen) atoms. The molecule has 0 heterocycles. The Kier molecular flexibility index (Phi) is 10.2. The predicted molar refractivity (Wildman–Crippen MR) is 140 cm³/mol. The van der Waals surface area contributed by atoms with Gasteiger partial charge in [0.25, 0.3) is 0 Å². The van der Waals surface area contributed by atoms with E-state index in [2.05, 4.69) is 45.7 Å². The average molecular weight is 450 g/mol. The Labute approximate surface area is 199 Å². The molecule has 2 aromatic rings. The lowest BCUT2D eigenvalue weighted by Crippen LogP contribution is -2.16. The number of carbonyl (C=O) groups is 1. The molecule has 4 heteroatoms. The van der Waals surface area contributed by atoms with E-state index in [1.807, 2.05) is 49.5 Å². The van der Waals surface area contributed by atoms with Crippen molar-refractivity contribution in [2.45, 2.75) is 58.8 Å². The molecule has 0 unspecified atom stereocenters. The first-order valence-corrected chi connectivity index (χ1v) is 11.9. The average Bonchev–Trinajstić information content (AvgIpc) is 2.83. The van der Waals surface area contributed by atoms with Crippen molar-refractivity contribution in [3.63, 3.8) is 0 Å². The van der Waals surface area contributed by atoms with Gasteiger partial charge in [-0.3, -0.25) is 4.79 Å². The summed E-state index contributed by atoms with van der Waals surface area (Å²) >= 11 is 0. The van der Waals surface area contributed by atoms with E-state index in [-0.39, 0.29) is 11.2 Å². The van der Waals surface area contributed by atoms with Gasteiger partial charge in [0.2, 0.25) is 0 Å². The van der Waals surface area contributed by atoms with Gasteiger partial charge in [-0.2, -0.15) is 0 Å². The van der Waals surface area contributed by atoms with E-state index >= 15 is 0 Å². The van der Waals surface area contributed by atoms with Gasteiger partial charge in [0.15, 0.2) is 5.78 Å². The Morgan fingerprint density at radius 1 is 1.00 bits per heavy atom. The smallest absolute Gasteiger partial charge is 0.185 e. The molecule has 1 N–H and O–H groups in total. The molecule has 0 aliphatic heterocycles. The van der Waals surface area contributed by atoms with Crippen molar-refractivity contribution in [1.29, 1.82) is 0 Å². The molecule has 0 aliphatic rings. The van der Waals surface area contributed by atoms with E-state index in [1.54, 1.807) is 6.08 Å². The fourth-order valence-corrected chi connectivity index (χ4v) is 3.28. The molecule has 4 nitrogen and oxygen atoms in total. The molecule has 0 aliphatic carbocycles. The molecule has 0 spiro atoms. The van der Waals surface area contributed by atoms with Crippen LogP contribution in [0.1, 0.15) is 74.9 Å². The van der Waals surface area contributed by atoms with E-state index in [0.717, 1.165) is 54.0 Å². The number of benzene rings is 2. The highest BCUT2D eigenvalue weighted by molar-refractivity contribution is 6.07. The molecule has 0 saturated carbocycles. The van der Waals surface area contributed by atoms with Gasteiger partial charge in [-0.25, -0.2) is 0 Å².